The molecule has 2 heteroatoms. The Bertz CT molecular complexity index is 494. The third-order valence-electron chi connectivity index (χ3n) is 2.99. The van der Waals surface area contributed by atoms with E-state index in [0.29, 0.717) is 14.4 Å². The highest BCUT2D eigenvalue weighted by molar-refractivity contribution is 6.94. The highest BCUT2D eigenvalue weighted by Gasteiger charge is 2.16. The summed E-state index contributed by atoms with van der Waals surface area (Å²) >= 11 is 6.19. The molecule has 0 bridgehead atoms. The molecule has 0 aliphatic rings. The Morgan fingerprint density at radius 3 is 2.35 bits per heavy atom. The topological polar surface area (TPSA) is 0 Å². The van der Waals surface area contributed by atoms with Crippen molar-refractivity contribution < 1.29 is 0 Å². The molecule has 2 aromatic rings. The Hall–Kier alpha value is -1.05. The fraction of sp³-hybridized carbons (Fsp3) is 0.200. The van der Waals surface area contributed by atoms with E-state index in [9.17, 15) is 0 Å². The molecule has 2 radical (unpaired) electrons. The summed E-state index contributed by atoms with van der Waals surface area (Å²) in [6, 6.07) is 17.1. The zero-order valence-corrected chi connectivity index (χ0v) is 11.8. The molecule has 0 N–H and O–H groups in total. The van der Waals surface area contributed by atoms with Gasteiger partial charge in [0.15, 0.2) is 8.83 Å². The van der Waals surface area contributed by atoms with Gasteiger partial charge in [0.2, 0.25) is 0 Å². The third kappa shape index (κ3) is 2.79. The summed E-state index contributed by atoms with van der Waals surface area (Å²) in [6.45, 7) is 4.28. The van der Waals surface area contributed by atoms with Gasteiger partial charge in [0.05, 0.1) is 0 Å². The molecule has 0 aliphatic heterocycles. The van der Waals surface area contributed by atoms with E-state index in [-0.39, 0.29) is 0 Å². The van der Waals surface area contributed by atoms with Crippen molar-refractivity contribution in [1.29, 1.82) is 0 Å². The molecule has 0 heterocycles. The van der Waals surface area contributed by atoms with Gasteiger partial charge in [-0.15, -0.1) is 0 Å². The maximum atomic E-state index is 6.19. The van der Waals surface area contributed by atoms with Gasteiger partial charge in [0.25, 0.3) is 0 Å². The third-order valence-corrected chi connectivity index (χ3v) is 4.50. The summed E-state index contributed by atoms with van der Waals surface area (Å²) in [4.78, 5) is 0. The standard InChI is InChI=1S/C15H15ClSi/c1-11-8-9-12(2)14(10-11)15(17-16)13-6-4-3-5-7-13/h3-10,15H,1-2H3. The summed E-state index contributed by atoms with van der Waals surface area (Å²) in [6.07, 6.45) is 0. The number of rotatable bonds is 3. The van der Waals surface area contributed by atoms with Crippen LogP contribution in [0.4, 0.5) is 0 Å². The van der Waals surface area contributed by atoms with Gasteiger partial charge in [-0.05, 0) is 30.5 Å². The van der Waals surface area contributed by atoms with Crippen LogP contribution in [0.3, 0.4) is 0 Å². The van der Waals surface area contributed by atoms with E-state index in [0.717, 1.165) is 0 Å². The van der Waals surface area contributed by atoms with Crippen LogP contribution in [0.1, 0.15) is 27.8 Å². The van der Waals surface area contributed by atoms with Crippen molar-refractivity contribution in [1.82, 2.24) is 0 Å². The Balaban J connectivity index is 2.46. The van der Waals surface area contributed by atoms with Crippen molar-refractivity contribution in [2.24, 2.45) is 0 Å². The van der Waals surface area contributed by atoms with Crippen molar-refractivity contribution in [2.45, 2.75) is 19.4 Å². The molecule has 1 unspecified atom stereocenters. The summed E-state index contributed by atoms with van der Waals surface area (Å²) in [5, 5.41) is 0. The molecular weight excluding hydrogens is 244 g/mol. The van der Waals surface area contributed by atoms with E-state index in [2.05, 4.69) is 56.3 Å². The molecule has 0 saturated heterocycles. The summed E-state index contributed by atoms with van der Waals surface area (Å²) in [5.74, 6) is 0. The van der Waals surface area contributed by atoms with Gasteiger partial charge >= 0.3 is 0 Å². The lowest BCUT2D eigenvalue weighted by molar-refractivity contribution is 1.10. The summed E-state index contributed by atoms with van der Waals surface area (Å²) < 4.78 is 0. The fourth-order valence-corrected chi connectivity index (χ4v) is 3.50. The highest BCUT2D eigenvalue weighted by Crippen LogP contribution is 2.27. The fourth-order valence-electron chi connectivity index (χ4n) is 2.02. The van der Waals surface area contributed by atoms with Crippen LogP contribution in [-0.2, 0) is 0 Å². The highest BCUT2D eigenvalue weighted by atomic mass is 35.6. The maximum absolute atomic E-state index is 6.19. The van der Waals surface area contributed by atoms with Gasteiger partial charge in [-0.25, -0.2) is 0 Å². The van der Waals surface area contributed by atoms with Crippen LogP contribution in [0.15, 0.2) is 48.5 Å². The van der Waals surface area contributed by atoms with Crippen LogP contribution in [0, 0.1) is 13.8 Å². The summed E-state index contributed by atoms with van der Waals surface area (Å²) in [7, 11) is 0.369. The minimum atomic E-state index is 0.317. The first-order valence-electron chi connectivity index (χ1n) is 5.70. The molecule has 0 amide bonds. The number of hydrogen-bond donors (Lipinski definition) is 0. The second-order valence-corrected chi connectivity index (χ2v) is 5.76. The lowest BCUT2D eigenvalue weighted by Gasteiger charge is -2.17. The zero-order chi connectivity index (χ0) is 12.3. The smallest absolute Gasteiger partial charge is 0.170 e. The van der Waals surface area contributed by atoms with Crippen LogP contribution in [0.25, 0.3) is 0 Å². The molecular formula is C15H15ClSi. The lowest BCUT2D eigenvalue weighted by Crippen LogP contribution is -2.07. The minimum absolute atomic E-state index is 0.317. The van der Waals surface area contributed by atoms with Gasteiger partial charge in [-0.2, -0.15) is 11.1 Å². The van der Waals surface area contributed by atoms with Crippen molar-refractivity contribution >= 4 is 19.9 Å². The molecule has 0 aromatic heterocycles. The van der Waals surface area contributed by atoms with Crippen LogP contribution in [0.5, 0.6) is 0 Å². The van der Waals surface area contributed by atoms with Crippen LogP contribution >= 0.6 is 11.1 Å². The molecule has 2 aromatic carbocycles. The zero-order valence-electron chi connectivity index (χ0n) is 10.1. The Morgan fingerprint density at radius 1 is 1.00 bits per heavy atom. The molecule has 2 rings (SSSR count). The second-order valence-electron chi connectivity index (χ2n) is 4.31. The first kappa shape index (κ1) is 12.4. The number of halogens is 1. The van der Waals surface area contributed by atoms with Crippen molar-refractivity contribution in [2.75, 3.05) is 0 Å². The van der Waals surface area contributed by atoms with E-state index < -0.39 is 0 Å². The van der Waals surface area contributed by atoms with Crippen molar-refractivity contribution in [3.63, 3.8) is 0 Å². The van der Waals surface area contributed by atoms with Crippen LogP contribution < -0.4 is 0 Å². The van der Waals surface area contributed by atoms with Gasteiger partial charge in [-0.3, -0.25) is 0 Å². The summed E-state index contributed by atoms with van der Waals surface area (Å²) in [5.41, 5.74) is 5.58. The van der Waals surface area contributed by atoms with E-state index in [4.69, 9.17) is 11.1 Å². The molecule has 86 valence electrons. The molecule has 0 aliphatic carbocycles. The molecule has 1 atom stereocenters. The maximum Gasteiger partial charge on any atom is 0.184 e. The number of benzene rings is 2. The Morgan fingerprint density at radius 2 is 1.71 bits per heavy atom. The van der Waals surface area contributed by atoms with E-state index in [1.54, 1.807) is 0 Å². The van der Waals surface area contributed by atoms with Crippen molar-refractivity contribution in [3.05, 3.63) is 70.8 Å². The molecule has 0 spiro atoms. The molecule has 17 heavy (non-hydrogen) atoms. The quantitative estimate of drug-likeness (QED) is 0.570. The van der Waals surface area contributed by atoms with E-state index in [1.165, 1.54) is 22.3 Å². The normalized spacial score (nSPS) is 12.4. The van der Waals surface area contributed by atoms with Crippen LogP contribution in [-0.4, -0.2) is 8.83 Å². The van der Waals surface area contributed by atoms with Crippen LogP contribution in [0.2, 0.25) is 0 Å². The van der Waals surface area contributed by atoms with Gasteiger partial charge in [0.1, 0.15) is 0 Å². The van der Waals surface area contributed by atoms with Gasteiger partial charge in [0, 0.05) is 5.54 Å². The Kier molecular flexibility index (Phi) is 4.03. The largest absolute Gasteiger partial charge is 0.184 e. The predicted molar refractivity (Wildman–Crippen MR) is 75.8 cm³/mol. The van der Waals surface area contributed by atoms with E-state index in [1.807, 2.05) is 6.07 Å². The number of hydrogen-bond acceptors (Lipinski definition) is 0. The van der Waals surface area contributed by atoms with Gasteiger partial charge in [-0.1, -0.05) is 54.1 Å². The monoisotopic (exact) mass is 258 g/mol. The van der Waals surface area contributed by atoms with Crippen molar-refractivity contribution in [3.8, 4) is 0 Å². The average Bonchev–Trinajstić information content (AvgIpc) is 2.36. The first-order chi connectivity index (χ1) is 8.22. The minimum Gasteiger partial charge on any atom is -0.170 e. The molecule has 0 fully saturated rings. The lowest BCUT2D eigenvalue weighted by atomic mass is 9.98. The Labute approximate surface area is 110 Å². The molecule has 0 nitrogen and oxygen atoms in total. The van der Waals surface area contributed by atoms with E-state index >= 15 is 0 Å². The second kappa shape index (κ2) is 5.52. The number of aryl methyl sites for hydroxylation is 2. The average molecular weight is 259 g/mol. The first-order valence-corrected chi connectivity index (χ1v) is 7.79. The predicted octanol–water partition coefficient (Wildman–Crippen LogP) is 4.25. The van der Waals surface area contributed by atoms with Gasteiger partial charge < -0.3 is 0 Å². The SMILES string of the molecule is Cc1ccc(C)c(C([Si]Cl)c2ccccc2)c1. The molecule has 0 saturated carbocycles.